The van der Waals surface area contributed by atoms with Gasteiger partial charge in [-0.3, -0.25) is 4.90 Å². The van der Waals surface area contributed by atoms with Crippen molar-refractivity contribution in [3.63, 3.8) is 0 Å². The number of hydrogen-bond donors (Lipinski definition) is 1. The minimum Gasteiger partial charge on any atom is -0.396 e. The summed E-state index contributed by atoms with van der Waals surface area (Å²) in [6.07, 6.45) is 4.80. The van der Waals surface area contributed by atoms with Gasteiger partial charge < -0.3 is 5.11 Å². The number of thioether (sulfide) groups is 1. The summed E-state index contributed by atoms with van der Waals surface area (Å²) in [6, 6.07) is 6.31. The lowest BCUT2D eigenvalue weighted by atomic mass is 9.91. The maximum atomic E-state index is 8.99. The van der Waals surface area contributed by atoms with Crippen LogP contribution >= 0.6 is 35.0 Å². The summed E-state index contributed by atoms with van der Waals surface area (Å²) in [7, 11) is 0. The van der Waals surface area contributed by atoms with E-state index in [1.807, 2.05) is 18.2 Å². The van der Waals surface area contributed by atoms with Crippen molar-refractivity contribution in [3.05, 3.63) is 28.2 Å². The summed E-state index contributed by atoms with van der Waals surface area (Å²) in [5.41, 5.74) is 0. The van der Waals surface area contributed by atoms with Gasteiger partial charge in [0.25, 0.3) is 0 Å². The largest absolute Gasteiger partial charge is 0.396 e. The fraction of sp³-hybridized carbons (Fsp3) is 0.600. The van der Waals surface area contributed by atoms with Crippen LogP contribution in [-0.4, -0.2) is 41.5 Å². The van der Waals surface area contributed by atoms with E-state index in [2.05, 4.69) is 4.90 Å². The molecule has 1 aromatic carbocycles. The first kappa shape index (κ1) is 16.4. The van der Waals surface area contributed by atoms with E-state index in [4.69, 9.17) is 28.3 Å². The fourth-order valence-electron chi connectivity index (χ4n) is 2.36. The van der Waals surface area contributed by atoms with Crippen LogP contribution < -0.4 is 0 Å². The monoisotopic (exact) mass is 333 g/mol. The summed E-state index contributed by atoms with van der Waals surface area (Å²) in [4.78, 5) is 3.56. The Morgan fingerprint density at radius 3 is 2.70 bits per heavy atom. The molecule has 0 spiro atoms. The second kappa shape index (κ2) is 8.50. The first-order valence-electron chi connectivity index (χ1n) is 7.13. The van der Waals surface area contributed by atoms with Crippen molar-refractivity contribution in [2.45, 2.75) is 36.6 Å². The molecule has 0 heterocycles. The summed E-state index contributed by atoms with van der Waals surface area (Å²) < 4.78 is 0. The predicted molar refractivity (Wildman–Crippen MR) is 88.1 cm³/mol. The minimum absolute atomic E-state index is 0.274. The molecule has 0 unspecified atom stereocenters. The molecule has 112 valence electrons. The van der Waals surface area contributed by atoms with Gasteiger partial charge in [-0.2, -0.15) is 0 Å². The smallest absolute Gasteiger partial charge is 0.0542 e. The molecule has 2 nitrogen and oxygen atoms in total. The minimum atomic E-state index is 0.274. The van der Waals surface area contributed by atoms with Crippen LogP contribution in [0.15, 0.2) is 23.1 Å². The Balaban J connectivity index is 1.81. The van der Waals surface area contributed by atoms with Crippen LogP contribution in [-0.2, 0) is 0 Å². The highest BCUT2D eigenvalue weighted by molar-refractivity contribution is 7.99. The molecule has 0 aromatic heterocycles. The second-order valence-corrected chi connectivity index (χ2v) is 7.10. The third kappa shape index (κ3) is 4.81. The number of aliphatic hydroxyl groups excluding tert-OH is 1. The number of aliphatic hydroxyl groups is 1. The molecule has 1 aliphatic rings. The molecule has 20 heavy (non-hydrogen) atoms. The van der Waals surface area contributed by atoms with Crippen molar-refractivity contribution < 1.29 is 5.11 Å². The highest BCUT2D eigenvalue weighted by atomic mass is 35.5. The molecule has 0 radical (unpaired) electrons. The molecule has 0 bridgehead atoms. The predicted octanol–water partition coefficient (Wildman–Crippen LogP) is 4.32. The zero-order valence-electron chi connectivity index (χ0n) is 11.5. The fourth-order valence-corrected chi connectivity index (χ4v) is 3.84. The molecule has 0 atom stereocenters. The number of hydrogen-bond acceptors (Lipinski definition) is 3. The van der Waals surface area contributed by atoms with Crippen LogP contribution in [0.1, 0.15) is 25.7 Å². The molecule has 0 aliphatic heterocycles. The van der Waals surface area contributed by atoms with Crippen LogP contribution in [0.3, 0.4) is 0 Å². The van der Waals surface area contributed by atoms with Crippen molar-refractivity contribution >= 4 is 35.0 Å². The van der Waals surface area contributed by atoms with E-state index < -0.39 is 0 Å². The molecule has 2 rings (SSSR count). The lowest BCUT2D eigenvalue weighted by Crippen LogP contribution is -2.42. The zero-order chi connectivity index (χ0) is 14.4. The van der Waals surface area contributed by atoms with Gasteiger partial charge in [0, 0.05) is 41.4 Å². The molecule has 1 aliphatic carbocycles. The van der Waals surface area contributed by atoms with Crippen LogP contribution in [0.5, 0.6) is 0 Å². The number of halogens is 2. The number of rotatable bonds is 8. The molecule has 1 N–H and O–H groups in total. The molecule has 0 amide bonds. The average Bonchev–Trinajstić information content (AvgIpc) is 2.37. The SMILES string of the molecule is OCCCN(CCSc1cc(Cl)ccc1Cl)C1CCC1. The lowest BCUT2D eigenvalue weighted by Gasteiger charge is -2.37. The number of nitrogens with zero attached hydrogens (tertiary/aromatic N) is 1. The molecular formula is C15H21Cl2NOS. The summed E-state index contributed by atoms with van der Waals surface area (Å²) >= 11 is 13.9. The maximum absolute atomic E-state index is 8.99. The Morgan fingerprint density at radius 2 is 2.05 bits per heavy atom. The molecule has 1 aromatic rings. The Morgan fingerprint density at radius 1 is 1.25 bits per heavy atom. The highest BCUT2D eigenvalue weighted by Crippen LogP contribution is 2.31. The van der Waals surface area contributed by atoms with Gasteiger partial charge in [-0.15, -0.1) is 11.8 Å². The van der Waals surface area contributed by atoms with Crippen molar-refractivity contribution in [3.8, 4) is 0 Å². The third-order valence-corrected chi connectivity index (χ3v) is 5.44. The van der Waals surface area contributed by atoms with Crippen LogP contribution in [0.25, 0.3) is 0 Å². The van der Waals surface area contributed by atoms with Gasteiger partial charge in [0.1, 0.15) is 0 Å². The normalized spacial score (nSPS) is 15.6. The lowest BCUT2D eigenvalue weighted by molar-refractivity contribution is 0.124. The van der Waals surface area contributed by atoms with Gasteiger partial charge in [0.2, 0.25) is 0 Å². The van der Waals surface area contributed by atoms with Crippen molar-refractivity contribution in [1.29, 1.82) is 0 Å². The Bertz CT molecular complexity index is 426. The van der Waals surface area contributed by atoms with Gasteiger partial charge in [0.15, 0.2) is 0 Å². The first-order chi connectivity index (χ1) is 9.70. The van der Waals surface area contributed by atoms with E-state index in [1.165, 1.54) is 19.3 Å². The van der Waals surface area contributed by atoms with Gasteiger partial charge in [0.05, 0.1) is 5.02 Å². The van der Waals surface area contributed by atoms with E-state index in [1.54, 1.807) is 11.8 Å². The molecular weight excluding hydrogens is 313 g/mol. The van der Waals surface area contributed by atoms with Crippen LogP contribution in [0.2, 0.25) is 10.0 Å². The van der Waals surface area contributed by atoms with Crippen LogP contribution in [0.4, 0.5) is 0 Å². The first-order valence-corrected chi connectivity index (χ1v) is 8.87. The third-order valence-electron chi connectivity index (χ3n) is 3.72. The molecule has 1 fully saturated rings. The van der Waals surface area contributed by atoms with E-state index in [0.29, 0.717) is 0 Å². The standard InChI is InChI=1S/C15H21Cl2NOS/c16-12-5-6-14(17)15(11-12)20-10-8-18(7-2-9-19)13-3-1-4-13/h5-6,11,13,19H,1-4,7-10H2. The van der Waals surface area contributed by atoms with Gasteiger partial charge in [-0.1, -0.05) is 29.6 Å². The highest BCUT2D eigenvalue weighted by Gasteiger charge is 2.24. The van der Waals surface area contributed by atoms with Gasteiger partial charge >= 0.3 is 0 Å². The van der Waals surface area contributed by atoms with Crippen LogP contribution in [0, 0.1) is 0 Å². The Labute approximate surface area is 135 Å². The van der Waals surface area contributed by atoms with Crippen molar-refractivity contribution in [2.24, 2.45) is 0 Å². The zero-order valence-corrected chi connectivity index (χ0v) is 13.9. The van der Waals surface area contributed by atoms with E-state index in [9.17, 15) is 0 Å². The summed E-state index contributed by atoms with van der Waals surface area (Å²) in [5, 5.41) is 10.5. The Hall–Kier alpha value is 0.0700. The van der Waals surface area contributed by atoms with Crippen molar-refractivity contribution in [2.75, 3.05) is 25.4 Å². The van der Waals surface area contributed by atoms with E-state index >= 15 is 0 Å². The summed E-state index contributed by atoms with van der Waals surface area (Å²) in [6.45, 7) is 2.31. The summed E-state index contributed by atoms with van der Waals surface area (Å²) in [5.74, 6) is 1.00. The van der Waals surface area contributed by atoms with Crippen molar-refractivity contribution in [1.82, 2.24) is 4.90 Å². The average molecular weight is 334 g/mol. The quantitative estimate of drug-likeness (QED) is 0.716. The molecule has 0 saturated heterocycles. The molecule has 5 heteroatoms. The maximum Gasteiger partial charge on any atom is 0.0542 e. The van der Waals surface area contributed by atoms with E-state index in [-0.39, 0.29) is 6.61 Å². The Kier molecular flexibility index (Phi) is 6.99. The molecule has 1 saturated carbocycles. The van der Waals surface area contributed by atoms with Gasteiger partial charge in [-0.05, 0) is 37.5 Å². The van der Waals surface area contributed by atoms with E-state index in [0.717, 1.165) is 46.2 Å². The topological polar surface area (TPSA) is 23.5 Å². The second-order valence-electron chi connectivity index (χ2n) is 5.12. The number of benzene rings is 1. The van der Waals surface area contributed by atoms with Gasteiger partial charge in [-0.25, -0.2) is 0 Å².